The Balaban J connectivity index is 0.000000461. The van der Waals surface area contributed by atoms with Gasteiger partial charge in [0.05, 0.1) is 10.6 Å². The molecule has 0 spiro atoms. The van der Waals surface area contributed by atoms with E-state index >= 15 is 0 Å². The lowest BCUT2D eigenvalue weighted by atomic mass is 10.1. The van der Waals surface area contributed by atoms with Crippen LogP contribution in [0, 0.1) is 6.92 Å². The van der Waals surface area contributed by atoms with Gasteiger partial charge in [0, 0.05) is 10.9 Å². The van der Waals surface area contributed by atoms with Crippen LogP contribution in [-0.4, -0.2) is 6.21 Å². The first kappa shape index (κ1) is 16.6. The smallest absolute Gasteiger partial charge is 0.0761 e. The zero-order valence-corrected chi connectivity index (χ0v) is 14.1. The van der Waals surface area contributed by atoms with Crippen LogP contribution in [0.5, 0.6) is 0 Å². The Morgan fingerprint density at radius 2 is 1.70 bits per heavy atom. The van der Waals surface area contributed by atoms with Gasteiger partial charge in [-0.1, -0.05) is 52.0 Å². The van der Waals surface area contributed by atoms with Gasteiger partial charge >= 0.3 is 0 Å². The molecule has 3 rings (SSSR count). The minimum atomic E-state index is 1.08. The van der Waals surface area contributed by atoms with Gasteiger partial charge in [0.1, 0.15) is 0 Å². The van der Waals surface area contributed by atoms with E-state index in [4.69, 9.17) is 0 Å². The average Bonchev–Trinajstić information content (AvgIpc) is 2.90. The number of hydrogen-bond donors (Lipinski definition) is 0. The van der Waals surface area contributed by atoms with Gasteiger partial charge in [0.15, 0.2) is 0 Å². The van der Waals surface area contributed by atoms with Gasteiger partial charge in [-0.25, -0.2) is 0 Å². The van der Waals surface area contributed by atoms with Crippen LogP contribution < -0.4 is 0 Å². The molecule has 0 amide bonds. The summed E-state index contributed by atoms with van der Waals surface area (Å²) in [5.74, 6) is 0. The summed E-state index contributed by atoms with van der Waals surface area (Å²) in [6, 6.07) is 8.58. The van der Waals surface area contributed by atoms with E-state index in [1.54, 1.807) is 0 Å². The van der Waals surface area contributed by atoms with Crippen LogP contribution in [-0.2, 0) is 0 Å². The van der Waals surface area contributed by atoms with Crippen molar-refractivity contribution in [3.63, 3.8) is 0 Å². The first-order chi connectivity index (χ1) is 9.86. The molecular formula is C18H25NS. The molecule has 0 fully saturated rings. The number of fused-ring (bicyclic) bond motifs is 1. The van der Waals surface area contributed by atoms with Crippen LogP contribution >= 0.6 is 11.3 Å². The second-order valence-electron chi connectivity index (χ2n) is 4.03. The van der Waals surface area contributed by atoms with Crippen LogP contribution in [0.3, 0.4) is 0 Å². The summed E-state index contributed by atoms with van der Waals surface area (Å²) >= 11 is 1.85. The van der Waals surface area contributed by atoms with E-state index in [0.717, 1.165) is 18.5 Å². The molecule has 1 aromatic carbocycles. The Morgan fingerprint density at radius 1 is 1.00 bits per heavy atom. The van der Waals surface area contributed by atoms with Gasteiger partial charge in [0.2, 0.25) is 0 Å². The first-order valence-electron chi connectivity index (χ1n) is 7.57. The summed E-state index contributed by atoms with van der Waals surface area (Å²) in [5.41, 5.74) is 2.52. The number of thiophene rings is 1. The van der Waals surface area contributed by atoms with Crippen molar-refractivity contribution in [2.45, 2.75) is 47.5 Å². The highest BCUT2D eigenvalue weighted by molar-refractivity contribution is 7.20. The topological polar surface area (TPSA) is 12.4 Å². The predicted octanol–water partition coefficient (Wildman–Crippen LogP) is 6.47. The zero-order valence-electron chi connectivity index (χ0n) is 13.2. The Hall–Kier alpha value is -1.41. The zero-order chi connectivity index (χ0) is 15.0. The number of hydrogen-bond acceptors (Lipinski definition) is 2. The molecule has 20 heavy (non-hydrogen) atoms. The molecule has 0 saturated carbocycles. The van der Waals surface area contributed by atoms with Crippen LogP contribution in [0.2, 0.25) is 0 Å². The lowest BCUT2D eigenvalue weighted by Gasteiger charge is -2.04. The molecule has 1 aliphatic heterocycles. The molecule has 2 heteroatoms. The quantitative estimate of drug-likeness (QED) is 0.570. The fourth-order valence-electron chi connectivity index (χ4n) is 2.08. The highest BCUT2D eigenvalue weighted by atomic mass is 32.1. The molecule has 0 radical (unpaired) electrons. The summed E-state index contributed by atoms with van der Waals surface area (Å²) in [6.07, 6.45) is 6.47. The minimum Gasteiger partial charge on any atom is -0.260 e. The molecular weight excluding hydrogens is 262 g/mol. The maximum absolute atomic E-state index is 4.50. The highest BCUT2D eigenvalue weighted by Gasteiger charge is 2.12. The van der Waals surface area contributed by atoms with E-state index in [1.807, 2.05) is 45.2 Å². The van der Waals surface area contributed by atoms with Crippen molar-refractivity contribution in [1.29, 1.82) is 0 Å². The lowest BCUT2D eigenvalue weighted by Crippen LogP contribution is -1.87. The van der Waals surface area contributed by atoms with Crippen molar-refractivity contribution in [1.82, 2.24) is 0 Å². The standard InChI is InChI=1S/C14H13NS.2C2H6/c1-10-11-6-2-3-8-13(11)16-14(10)12-7-4-5-9-15-12;2*1-2/h2-3,6-9H,4-5H2,1H3;2*1-2H3. The Bertz CT molecular complexity index is 590. The predicted molar refractivity (Wildman–Crippen MR) is 95.0 cm³/mol. The monoisotopic (exact) mass is 287 g/mol. The van der Waals surface area contributed by atoms with Crippen molar-refractivity contribution in [2.75, 3.05) is 0 Å². The number of nitrogens with zero attached hydrogens (tertiary/aromatic N) is 1. The molecule has 108 valence electrons. The lowest BCUT2D eigenvalue weighted by molar-refractivity contribution is 1.09. The molecule has 0 saturated heterocycles. The molecule has 2 heterocycles. The van der Waals surface area contributed by atoms with Gasteiger partial charge in [-0.15, -0.1) is 11.3 Å². The molecule has 0 unspecified atom stereocenters. The molecule has 0 bridgehead atoms. The van der Waals surface area contributed by atoms with E-state index in [2.05, 4.69) is 42.3 Å². The third kappa shape index (κ3) is 3.57. The van der Waals surface area contributed by atoms with E-state index in [-0.39, 0.29) is 0 Å². The SMILES string of the molecule is CC.CC.Cc1c(C2=CCCC=N2)sc2ccccc12. The van der Waals surface area contributed by atoms with E-state index in [9.17, 15) is 0 Å². The Morgan fingerprint density at radius 3 is 2.30 bits per heavy atom. The average molecular weight is 287 g/mol. The third-order valence-corrected chi connectivity index (χ3v) is 4.24. The van der Waals surface area contributed by atoms with Crippen molar-refractivity contribution in [3.8, 4) is 0 Å². The second kappa shape index (κ2) is 8.70. The van der Waals surface area contributed by atoms with Gasteiger partial charge in [0.25, 0.3) is 0 Å². The second-order valence-corrected chi connectivity index (χ2v) is 5.08. The molecule has 2 aromatic rings. The summed E-state index contributed by atoms with van der Waals surface area (Å²) < 4.78 is 1.36. The van der Waals surface area contributed by atoms with E-state index < -0.39 is 0 Å². The van der Waals surface area contributed by atoms with Crippen molar-refractivity contribution in [3.05, 3.63) is 40.8 Å². The van der Waals surface area contributed by atoms with E-state index in [1.165, 1.54) is 20.5 Å². The van der Waals surface area contributed by atoms with Gasteiger partial charge in [-0.2, -0.15) is 0 Å². The third-order valence-electron chi connectivity index (χ3n) is 2.94. The minimum absolute atomic E-state index is 1.08. The fourth-order valence-corrected chi connectivity index (χ4v) is 3.28. The molecule has 0 atom stereocenters. The molecule has 1 aromatic heterocycles. The van der Waals surface area contributed by atoms with Crippen molar-refractivity contribution in [2.24, 2.45) is 4.99 Å². The number of rotatable bonds is 1. The fraction of sp³-hybridized carbons (Fsp3) is 0.389. The normalized spacial score (nSPS) is 12.9. The highest BCUT2D eigenvalue weighted by Crippen LogP contribution is 2.36. The van der Waals surface area contributed by atoms with Crippen LogP contribution in [0.25, 0.3) is 15.8 Å². The Kier molecular flexibility index (Phi) is 7.24. The molecule has 1 nitrogen and oxygen atoms in total. The van der Waals surface area contributed by atoms with Crippen molar-refractivity contribution < 1.29 is 0 Å². The van der Waals surface area contributed by atoms with E-state index in [0.29, 0.717) is 0 Å². The Labute approximate surface area is 127 Å². The van der Waals surface area contributed by atoms with Crippen LogP contribution in [0.15, 0.2) is 35.3 Å². The molecule has 0 N–H and O–H groups in total. The summed E-state index contributed by atoms with van der Waals surface area (Å²) in [6.45, 7) is 10.2. The molecule has 1 aliphatic rings. The maximum atomic E-state index is 4.50. The number of aliphatic imine (C=N–C) groups is 1. The maximum Gasteiger partial charge on any atom is 0.0761 e. The summed E-state index contributed by atoms with van der Waals surface area (Å²) in [7, 11) is 0. The number of allylic oxidation sites excluding steroid dienone is 1. The molecule has 0 aliphatic carbocycles. The largest absolute Gasteiger partial charge is 0.260 e. The van der Waals surface area contributed by atoms with Gasteiger partial charge in [-0.3, -0.25) is 4.99 Å². The van der Waals surface area contributed by atoms with Crippen molar-refractivity contribution >= 4 is 33.3 Å². The number of benzene rings is 1. The van der Waals surface area contributed by atoms with Gasteiger partial charge < -0.3 is 0 Å². The van der Waals surface area contributed by atoms with Crippen LogP contribution in [0.1, 0.15) is 51.0 Å². The number of aryl methyl sites for hydroxylation is 1. The van der Waals surface area contributed by atoms with Gasteiger partial charge in [-0.05, 0) is 36.8 Å². The summed E-state index contributed by atoms with van der Waals surface area (Å²) in [5, 5.41) is 1.36. The summed E-state index contributed by atoms with van der Waals surface area (Å²) in [4.78, 5) is 5.83. The van der Waals surface area contributed by atoms with Crippen LogP contribution in [0.4, 0.5) is 0 Å². The first-order valence-corrected chi connectivity index (χ1v) is 8.39.